The Hall–Kier alpha value is -1.59. The molecule has 0 aromatic heterocycles. The fourth-order valence-corrected chi connectivity index (χ4v) is 3.40. The third-order valence-corrected chi connectivity index (χ3v) is 5.22. The van der Waals surface area contributed by atoms with E-state index in [9.17, 15) is 12.8 Å². The van der Waals surface area contributed by atoms with Crippen molar-refractivity contribution in [3.05, 3.63) is 58.4 Å². The number of benzene rings is 2. The molecule has 3 nitrogen and oxygen atoms in total. The molecule has 0 fully saturated rings. The van der Waals surface area contributed by atoms with Gasteiger partial charge in [0.2, 0.25) is 0 Å². The maximum Gasteiger partial charge on any atom is 0.261 e. The van der Waals surface area contributed by atoms with Crippen LogP contribution in [0.15, 0.2) is 41.3 Å². The standard InChI is InChI=1S/C17H19ClFNO2S/c1-11-9-16(14(18)10-15(11)19)20-23(21,22)13-7-5-12(6-8-13)17(2,3)4/h5-10,20H,1-4H3. The number of nitrogens with one attached hydrogen (secondary N) is 1. The summed E-state index contributed by atoms with van der Waals surface area (Å²) in [6, 6.07) is 9.13. The molecule has 23 heavy (non-hydrogen) atoms. The van der Waals surface area contributed by atoms with Gasteiger partial charge in [0.15, 0.2) is 0 Å². The third-order valence-electron chi connectivity index (χ3n) is 3.52. The van der Waals surface area contributed by atoms with Crippen LogP contribution in [0.25, 0.3) is 0 Å². The molecule has 0 unspecified atom stereocenters. The van der Waals surface area contributed by atoms with Crippen LogP contribution in [-0.2, 0) is 15.4 Å². The van der Waals surface area contributed by atoms with Crippen LogP contribution in [0.5, 0.6) is 0 Å². The normalized spacial score (nSPS) is 12.3. The van der Waals surface area contributed by atoms with Gasteiger partial charge in [0, 0.05) is 0 Å². The molecule has 0 radical (unpaired) electrons. The Morgan fingerprint density at radius 1 is 1.09 bits per heavy atom. The Morgan fingerprint density at radius 2 is 1.65 bits per heavy atom. The van der Waals surface area contributed by atoms with Gasteiger partial charge in [-0.1, -0.05) is 44.5 Å². The van der Waals surface area contributed by atoms with Gasteiger partial charge in [-0.3, -0.25) is 4.72 Å². The van der Waals surface area contributed by atoms with Gasteiger partial charge >= 0.3 is 0 Å². The number of rotatable bonds is 3. The van der Waals surface area contributed by atoms with Gasteiger partial charge in [-0.25, -0.2) is 12.8 Å². The monoisotopic (exact) mass is 355 g/mol. The molecule has 0 saturated carbocycles. The zero-order chi connectivity index (χ0) is 17.4. The van der Waals surface area contributed by atoms with Crippen molar-refractivity contribution in [1.29, 1.82) is 0 Å². The zero-order valence-electron chi connectivity index (χ0n) is 13.4. The Bertz CT molecular complexity index is 825. The van der Waals surface area contributed by atoms with Crippen molar-refractivity contribution in [3.8, 4) is 0 Å². The SMILES string of the molecule is Cc1cc(NS(=O)(=O)c2ccc(C(C)(C)C)cc2)c(Cl)cc1F. The van der Waals surface area contributed by atoms with Gasteiger partial charge in [0.05, 0.1) is 15.6 Å². The molecular weight excluding hydrogens is 337 g/mol. The summed E-state index contributed by atoms with van der Waals surface area (Å²) in [5.41, 5.74) is 1.44. The number of hydrogen-bond donors (Lipinski definition) is 1. The summed E-state index contributed by atoms with van der Waals surface area (Å²) in [6.07, 6.45) is 0. The summed E-state index contributed by atoms with van der Waals surface area (Å²) in [5, 5.41) is 0.0167. The van der Waals surface area contributed by atoms with Crippen LogP contribution in [0.3, 0.4) is 0 Å². The predicted octanol–water partition coefficient (Wildman–Crippen LogP) is 4.89. The topological polar surface area (TPSA) is 46.2 Å². The molecule has 0 aliphatic carbocycles. The van der Waals surface area contributed by atoms with E-state index in [0.29, 0.717) is 5.56 Å². The average molecular weight is 356 g/mol. The lowest BCUT2D eigenvalue weighted by Gasteiger charge is -2.19. The molecule has 2 aromatic rings. The van der Waals surface area contributed by atoms with Gasteiger partial charge < -0.3 is 0 Å². The van der Waals surface area contributed by atoms with Crippen LogP contribution in [0.1, 0.15) is 31.9 Å². The highest BCUT2D eigenvalue weighted by molar-refractivity contribution is 7.92. The summed E-state index contributed by atoms with van der Waals surface area (Å²) < 4.78 is 40.7. The lowest BCUT2D eigenvalue weighted by atomic mass is 9.87. The summed E-state index contributed by atoms with van der Waals surface area (Å²) in [5.74, 6) is -0.479. The highest BCUT2D eigenvalue weighted by Crippen LogP contribution is 2.28. The van der Waals surface area contributed by atoms with Gasteiger partial charge in [0.1, 0.15) is 5.82 Å². The predicted molar refractivity (Wildman–Crippen MR) is 92.1 cm³/mol. The van der Waals surface area contributed by atoms with Gasteiger partial charge in [0.25, 0.3) is 10.0 Å². The Kier molecular flexibility index (Phi) is 4.74. The molecule has 1 N–H and O–H groups in total. The van der Waals surface area contributed by atoms with Crippen LogP contribution in [0.4, 0.5) is 10.1 Å². The number of halogens is 2. The van der Waals surface area contributed by atoms with Crippen LogP contribution in [-0.4, -0.2) is 8.42 Å². The largest absolute Gasteiger partial charge is 0.278 e. The van der Waals surface area contributed by atoms with Crippen molar-refractivity contribution in [3.63, 3.8) is 0 Å². The molecule has 0 bridgehead atoms. The molecule has 0 aliphatic rings. The first kappa shape index (κ1) is 17.8. The minimum Gasteiger partial charge on any atom is -0.278 e. The Labute approximate surface area is 141 Å². The van der Waals surface area contributed by atoms with Crippen molar-refractivity contribution in [1.82, 2.24) is 0 Å². The third kappa shape index (κ3) is 4.03. The van der Waals surface area contributed by atoms with E-state index in [4.69, 9.17) is 11.6 Å². The number of aryl methyl sites for hydroxylation is 1. The molecule has 6 heteroatoms. The second-order valence-corrected chi connectivity index (χ2v) is 8.55. The molecule has 0 aliphatic heterocycles. The van der Waals surface area contributed by atoms with E-state index >= 15 is 0 Å². The summed E-state index contributed by atoms with van der Waals surface area (Å²) in [7, 11) is -3.78. The first-order chi connectivity index (χ1) is 10.5. The van der Waals surface area contributed by atoms with Crippen LogP contribution >= 0.6 is 11.6 Å². The first-order valence-corrected chi connectivity index (χ1v) is 8.96. The van der Waals surface area contributed by atoms with Crippen LogP contribution in [0, 0.1) is 12.7 Å². The molecule has 2 aromatic carbocycles. The van der Waals surface area contributed by atoms with Crippen LogP contribution in [0.2, 0.25) is 5.02 Å². The Morgan fingerprint density at radius 3 is 2.17 bits per heavy atom. The van der Waals surface area contributed by atoms with E-state index in [0.717, 1.165) is 11.6 Å². The van der Waals surface area contributed by atoms with Crippen LogP contribution < -0.4 is 4.72 Å². The number of hydrogen-bond acceptors (Lipinski definition) is 2. The van der Waals surface area contributed by atoms with Crippen molar-refractivity contribution in [2.75, 3.05) is 4.72 Å². The molecule has 0 spiro atoms. The lowest BCUT2D eigenvalue weighted by Crippen LogP contribution is -2.15. The van der Waals surface area contributed by atoms with Gasteiger partial charge in [-0.2, -0.15) is 0 Å². The van der Waals surface area contributed by atoms with E-state index in [2.05, 4.69) is 25.5 Å². The lowest BCUT2D eigenvalue weighted by molar-refractivity contribution is 0.587. The zero-order valence-corrected chi connectivity index (χ0v) is 15.0. The number of anilines is 1. The fraction of sp³-hybridized carbons (Fsp3) is 0.294. The van der Waals surface area contributed by atoms with E-state index in [-0.39, 0.29) is 21.0 Å². The van der Waals surface area contributed by atoms with E-state index < -0.39 is 15.8 Å². The molecule has 0 heterocycles. The second kappa shape index (κ2) is 6.13. The maximum atomic E-state index is 13.4. The number of sulfonamides is 1. The molecule has 0 atom stereocenters. The van der Waals surface area contributed by atoms with Crippen molar-refractivity contribution < 1.29 is 12.8 Å². The highest BCUT2D eigenvalue weighted by atomic mass is 35.5. The van der Waals surface area contributed by atoms with Gasteiger partial charge in [-0.15, -0.1) is 0 Å². The maximum absolute atomic E-state index is 13.4. The smallest absolute Gasteiger partial charge is 0.261 e. The molecule has 124 valence electrons. The quantitative estimate of drug-likeness (QED) is 0.852. The molecular formula is C17H19ClFNO2S. The molecule has 2 rings (SSSR count). The van der Waals surface area contributed by atoms with E-state index in [1.807, 2.05) is 0 Å². The molecule has 0 saturated heterocycles. The average Bonchev–Trinajstić information content (AvgIpc) is 2.44. The van der Waals surface area contributed by atoms with Crippen molar-refractivity contribution in [2.45, 2.75) is 38.0 Å². The van der Waals surface area contributed by atoms with E-state index in [1.54, 1.807) is 31.2 Å². The van der Waals surface area contributed by atoms with Gasteiger partial charge in [-0.05, 0) is 47.7 Å². The summed E-state index contributed by atoms with van der Waals surface area (Å²) in [6.45, 7) is 7.70. The minimum atomic E-state index is -3.78. The Balaban J connectivity index is 2.34. The second-order valence-electron chi connectivity index (χ2n) is 6.46. The summed E-state index contributed by atoms with van der Waals surface area (Å²) >= 11 is 5.91. The summed E-state index contributed by atoms with van der Waals surface area (Å²) in [4.78, 5) is 0.128. The van der Waals surface area contributed by atoms with E-state index in [1.165, 1.54) is 6.07 Å². The molecule has 0 amide bonds. The minimum absolute atomic E-state index is 0.0167. The highest BCUT2D eigenvalue weighted by Gasteiger charge is 2.19. The fourth-order valence-electron chi connectivity index (χ4n) is 2.07. The first-order valence-electron chi connectivity index (χ1n) is 7.10. The van der Waals surface area contributed by atoms with Crippen molar-refractivity contribution in [2.24, 2.45) is 0 Å². The van der Waals surface area contributed by atoms with Crippen molar-refractivity contribution >= 4 is 27.3 Å².